The molecule has 1 atom stereocenters. The fraction of sp³-hybridized carbons (Fsp3) is 1.00. The number of rotatable bonds is 5. The Balaban J connectivity index is 1.91. The quantitative estimate of drug-likeness (QED) is 0.823. The van der Waals surface area contributed by atoms with Gasteiger partial charge in [-0.25, -0.2) is 0 Å². The number of hydrogen-bond donors (Lipinski definition) is 1. The van der Waals surface area contributed by atoms with Crippen molar-refractivity contribution in [2.45, 2.75) is 45.6 Å². The summed E-state index contributed by atoms with van der Waals surface area (Å²) in [5, 5.41) is 3.55. The Morgan fingerprint density at radius 1 is 1.16 bits per heavy atom. The highest BCUT2D eigenvalue weighted by Crippen LogP contribution is 2.27. The number of piperidine rings is 1. The van der Waals surface area contributed by atoms with E-state index in [2.05, 4.69) is 5.32 Å². The van der Waals surface area contributed by atoms with E-state index in [1.165, 1.54) is 12.8 Å². The Morgan fingerprint density at radius 3 is 2.26 bits per heavy atom. The molecule has 112 valence electrons. The molecular formula is C13H27N3O2S. The van der Waals surface area contributed by atoms with Gasteiger partial charge in [-0.2, -0.15) is 17.0 Å². The molecule has 0 aromatic rings. The van der Waals surface area contributed by atoms with Crippen LogP contribution in [0.5, 0.6) is 0 Å². The van der Waals surface area contributed by atoms with Crippen LogP contribution in [-0.4, -0.2) is 55.8 Å². The lowest BCUT2D eigenvalue weighted by atomic mass is 9.89. The fourth-order valence-electron chi connectivity index (χ4n) is 3.34. The van der Waals surface area contributed by atoms with E-state index < -0.39 is 10.2 Å². The Bertz CT molecular complexity index is 367. The van der Waals surface area contributed by atoms with E-state index in [4.69, 9.17) is 0 Å². The molecule has 5 nitrogen and oxygen atoms in total. The summed E-state index contributed by atoms with van der Waals surface area (Å²) in [6, 6.07) is 0.623. The van der Waals surface area contributed by atoms with Crippen LogP contribution in [0.2, 0.25) is 0 Å². The Morgan fingerprint density at radius 2 is 1.79 bits per heavy atom. The maximum absolute atomic E-state index is 12.4. The van der Waals surface area contributed by atoms with Gasteiger partial charge >= 0.3 is 0 Å². The second-order valence-electron chi connectivity index (χ2n) is 5.53. The molecule has 2 fully saturated rings. The third-order valence-corrected chi connectivity index (χ3v) is 6.71. The average molecular weight is 289 g/mol. The van der Waals surface area contributed by atoms with Gasteiger partial charge in [-0.3, -0.25) is 0 Å². The van der Waals surface area contributed by atoms with Crippen LogP contribution in [0.1, 0.15) is 39.5 Å². The first kappa shape index (κ1) is 15.2. The van der Waals surface area contributed by atoms with Gasteiger partial charge in [0.05, 0.1) is 0 Å². The molecule has 2 aliphatic heterocycles. The molecule has 0 bridgehead atoms. The number of hydrogen-bond acceptors (Lipinski definition) is 3. The summed E-state index contributed by atoms with van der Waals surface area (Å²) in [4.78, 5) is 0. The molecule has 0 aromatic heterocycles. The van der Waals surface area contributed by atoms with E-state index >= 15 is 0 Å². The summed E-state index contributed by atoms with van der Waals surface area (Å²) in [5.41, 5.74) is 0. The number of nitrogens with one attached hydrogen (secondary N) is 1. The van der Waals surface area contributed by atoms with Crippen LogP contribution in [0.15, 0.2) is 0 Å². The SMILES string of the molecule is CCN(CC)S(=O)(=O)N1CCC(C2CCCN2)CC1. The molecular weight excluding hydrogens is 262 g/mol. The molecule has 0 spiro atoms. The molecule has 0 amide bonds. The normalized spacial score (nSPS) is 27.2. The predicted octanol–water partition coefficient (Wildman–Crippen LogP) is 1.04. The van der Waals surface area contributed by atoms with Gasteiger partial charge in [-0.1, -0.05) is 13.8 Å². The minimum Gasteiger partial charge on any atom is -0.314 e. The second-order valence-corrected chi connectivity index (χ2v) is 7.46. The molecule has 0 aliphatic carbocycles. The van der Waals surface area contributed by atoms with Crippen LogP contribution in [0.3, 0.4) is 0 Å². The van der Waals surface area contributed by atoms with Crippen LogP contribution >= 0.6 is 0 Å². The van der Waals surface area contributed by atoms with Gasteiger partial charge in [0.1, 0.15) is 0 Å². The third kappa shape index (κ3) is 3.29. The molecule has 2 heterocycles. The van der Waals surface area contributed by atoms with E-state index in [1.807, 2.05) is 13.8 Å². The minimum atomic E-state index is -3.22. The molecule has 0 saturated carbocycles. The summed E-state index contributed by atoms with van der Waals surface area (Å²) in [6.45, 7) is 7.41. The summed E-state index contributed by atoms with van der Waals surface area (Å²) < 4.78 is 28.1. The van der Waals surface area contributed by atoms with Crippen molar-refractivity contribution in [3.63, 3.8) is 0 Å². The van der Waals surface area contributed by atoms with Gasteiger partial charge in [0.15, 0.2) is 0 Å². The van der Waals surface area contributed by atoms with Crippen LogP contribution < -0.4 is 5.32 Å². The van der Waals surface area contributed by atoms with Gasteiger partial charge in [-0.05, 0) is 38.1 Å². The standard InChI is InChI=1S/C13H27N3O2S/c1-3-15(4-2)19(17,18)16-10-7-12(8-11-16)13-6-5-9-14-13/h12-14H,3-11H2,1-2H3. The minimum absolute atomic E-state index is 0.558. The molecule has 1 unspecified atom stereocenters. The maximum Gasteiger partial charge on any atom is 0.281 e. The summed E-state index contributed by atoms with van der Waals surface area (Å²) in [6.07, 6.45) is 4.52. The van der Waals surface area contributed by atoms with Crippen molar-refractivity contribution in [2.24, 2.45) is 5.92 Å². The first-order valence-corrected chi connectivity index (χ1v) is 8.97. The molecule has 1 N–H and O–H groups in total. The van der Waals surface area contributed by atoms with Gasteiger partial charge in [0.2, 0.25) is 0 Å². The van der Waals surface area contributed by atoms with Crippen molar-refractivity contribution in [2.75, 3.05) is 32.7 Å². The second kappa shape index (κ2) is 6.52. The van der Waals surface area contributed by atoms with Crippen molar-refractivity contribution < 1.29 is 8.42 Å². The number of nitrogens with zero attached hydrogens (tertiary/aromatic N) is 2. The highest BCUT2D eigenvalue weighted by Gasteiger charge is 2.34. The van der Waals surface area contributed by atoms with Crippen molar-refractivity contribution in [3.05, 3.63) is 0 Å². The first-order chi connectivity index (χ1) is 9.09. The van der Waals surface area contributed by atoms with Gasteiger partial charge in [0.25, 0.3) is 10.2 Å². The van der Waals surface area contributed by atoms with Crippen molar-refractivity contribution in [1.82, 2.24) is 13.9 Å². The van der Waals surface area contributed by atoms with E-state index in [9.17, 15) is 8.42 Å². The van der Waals surface area contributed by atoms with Crippen LogP contribution in [0.25, 0.3) is 0 Å². The maximum atomic E-state index is 12.4. The van der Waals surface area contributed by atoms with Crippen LogP contribution in [0.4, 0.5) is 0 Å². The lowest BCUT2D eigenvalue weighted by Crippen LogP contribution is -2.48. The van der Waals surface area contributed by atoms with Crippen LogP contribution in [-0.2, 0) is 10.2 Å². The predicted molar refractivity (Wildman–Crippen MR) is 77.2 cm³/mol. The van der Waals surface area contributed by atoms with Gasteiger partial charge in [-0.15, -0.1) is 0 Å². The van der Waals surface area contributed by atoms with E-state index in [0.717, 1.165) is 19.4 Å². The summed E-state index contributed by atoms with van der Waals surface area (Å²) in [5.74, 6) is 0.658. The van der Waals surface area contributed by atoms with E-state index in [-0.39, 0.29) is 0 Å². The Kier molecular flexibility index (Phi) is 5.22. The van der Waals surface area contributed by atoms with Crippen molar-refractivity contribution in [1.29, 1.82) is 0 Å². The monoisotopic (exact) mass is 289 g/mol. The van der Waals surface area contributed by atoms with Gasteiger partial charge in [0, 0.05) is 32.2 Å². The average Bonchev–Trinajstić information content (AvgIpc) is 2.94. The molecule has 0 radical (unpaired) electrons. The Hall–Kier alpha value is -0.170. The highest BCUT2D eigenvalue weighted by molar-refractivity contribution is 7.86. The fourth-order valence-corrected chi connectivity index (χ4v) is 4.99. The topological polar surface area (TPSA) is 52.7 Å². The zero-order valence-electron chi connectivity index (χ0n) is 12.1. The lowest BCUT2D eigenvalue weighted by Gasteiger charge is -2.36. The molecule has 2 rings (SSSR count). The van der Waals surface area contributed by atoms with Gasteiger partial charge < -0.3 is 5.32 Å². The van der Waals surface area contributed by atoms with Crippen molar-refractivity contribution >= 4 is 10.2 Å². The zero-order valence-corrected chi connectivity index (χ0v) is 13.0. The largest absolute Gasteiger partial charge is 0.314 e. The van der Waals surface area contributed by atoms with Crippen molar-refractivity contribution in [3.8, 4) is 0 Å². The van der Waals surface area contributed by atoms with E-state index in [0.29, 0.717) is 38.1 Å². The third-order valence-electron chi connectivity index (χ3n) is 4.52. The smallest absolute Gasteiger partial charge is 0.281 e. The van der Waals surface area contributed by atoms with Crippen LogP contribution in [0, 0.1) is 5.92 Å². The Labute approximate surface area is 117 Å². The lowest BCUT2D eigenvalue weighted by molar-refractivity contribution is 0.223. The molecule has 2 saturated heterocycles. The molecule has 19 heavy (non-hydrogen) atoms. The molecule has 0 aromatic carbocycles. The summed E-state index contributed by atoms with van der Waals surface area (Å²) >= 11 is 0. The molecule has 2 aliphatic rings. The van der Waals surface area contributed by atoms with E-state index in [1.54, 1.807) is 8.61 Å². The summed E-state index contributed by atoms with van der Waals surface area (Å²) in [7, 11) is -3.22. The first-order valence-electron chi connectivity index (χ1n) is 7.58. The zero-order chi connectivity index (χ0) is 13.9. The molecule has 6 heteroatoms. The highest BCUT2D eigenvalue weighted by atomic mass is 32.2.